The van der Waals surface area contributed by atoms with Crippen LogP contribution >= 0.6 is 11.8 Å². The normalized spacial score (nSPS) is 17.4. The third-order valence-electron chi connectivity index (χ3n) is 4.46. The number of aliphatic imine (C=N–C) groups is 1. The van der Waals surface area contributed by atoms with Gasteiger partial charge in [0.2, 0.25) is 0 Å². The molecule has 0 saturated carbocycles. The molecule has 1 unspecified atom stereocenters. The smallest absolute Gasteiger partial charge is 0.266 e. The van der Waals surface area contributed by atoms with E-state index >= 15 is 0 Å². The molecule has 1 aliphatic heterocycles. The second-order valence-corrected chi connectivity index (χ2v) is 8.34. The van der Waals surface area contributed by atoms with Crippen LogP contribution in [0.4, 0.5) is 5.69 Å². The molecule has 2 aromatic rings. The van der Waals surface area contributed by atoms with Crippen LogP contribution in [0.5, 0.6) is 11.5 Å². The van der Waals surface area contributed by atoms with Crippen LogP contribution in [0.2, 0.25) is 0 Å². The predicted octanol–water partition coefficient (Wildman–Crippen LogP) is 4.76. The van der Waals surface area contributed by atoms with Gasteiger partial charge in [-0.15, -0.1) is 6.58 Å². The first-order chi connectivity index (χ1) is 14.0. The van der Waals surface area contributed by atoms with Crippen LogP contribution in [0.1, 0.15) is 18.1 Å². The maximum atomic E-state index is 12.9. The highest BCUT2D eigenvalue weighted by Crippen LogP contribution is 2.30. The first-order valence-corrected chi connectivity index (χ1v) is 10.4. The van der Waals surface area contributed by atoms with Crippen molar-refractivity contribution in [3.05, 3.63) is 66.2 Å². The van der Waals surface area contributed by atoms with Crippen molar-refractivity contribution < 1.29 is 14.3 Å². The number of rotatable bonds is 7. The van der Waals surface area contributed by atoms with Gasteiger partial charge in [-0.25, -0.2) is 4.99 Å². The lowest BCUT2D eigenvalue weighted by atomic mass is 10.1. The molecular formula is C23H26N2O3S. The van der Waals surface area contributed by atoms with Gasteiger partial charge in [-0.05, 0) is 48.7 Å². The van der Waals surface area contributed by atoms with E-state index in [1.807, 2.05) is 55.5 Å². The third-order valence-corrected chi connectivity index (χ3v) is 5.54. The summed E-state index contributed by atoms with van der Waals surface area (Å²) >= 11 is 1.60. The number of hydrogen-bond acceptors (Lipinski definition) is 5. The summed E-state index contributed by atoms with van der Waals surface area (Å²) in [4.78, 5) is 19.2. The Bertz CT molecular complexity index is 926. The van der Waals surface area contributed by atoms with Crippen molar-refractivity contribution in [2.24, 2.45) is 4.99 Å². The average Bonchev–Trinajstić information content (AvgIpc) is 3.07. The highest BCUT2D eigenvalue weighted by atomic mass is 32.2. The van der Waals surface area contributed by atoms with Crippen LogP contribution in [0.15, 0.2) is 60.1 Å². The van der Waals surface area contributed by atoms with E-state index in [0.29, 0.717) is 23.2 Å². The van der Waals surface area contributed by atoms with Crippen molar-refractivity contribution in [3.63, 3.8) is 0 Å². The van der Waals surface area contributed by atoms with Gasteiger partial charge in [-0.1, -0.05) is 43.0 Å². The van der Waals surface area contributed by atoms with Crippen molar-refractivity contribution in [3.8, 4) is 11.5 Å². The molecule has 1 heterocycles. The summed E-state index contributed by atoms with van der Waals surface area (Å²) in [7, 11) is 1.59. The van der Waals surface area contributed by atoms with Gasteiger partial charge in [0.15, 0.2) is 23.3 Å². The van der Waals surface area contributed by atoms with E-state index in [9.17, 15) is 4.79 Å². The number of carbonyl (C=O) groups excluding carboxylic acids is 1. The minimum absolute atomic E-state index is 0.0721. The Balaban J connectivity index is 1.71. The quantitative estimate of drug-likeness (QED) is 0.618. The molecule has 1 aliphatic rings. The van der Waals surface area contributed by atoms with Crippen molar-refractivity contribution in [2.45, 2.75) is 25.5 Å². The topological polar surface area (TPSA) is 51.1 Å². The Morgan fingerprint density at radius 3 is 2.86 bits per heavy atom. The second-order valence-electron chi connectivity index (χ2n) is 6.93. The van der Waals surface area contributed by atoms with Crippen LogP contribution in [0, 0.1) is 6.92 Å². The van der Waals surface area contributed by atoms with Crippen molar-refractivity contribution >= 4 is 28.5 Å². The highest BCUT2D eigenvalue weighted by molar-refractivity contribution is 8.14. The van der Waals surface area contributed by atoms with Crippen LogP contribution in [0.3, 0.4) is 0 Å². The molecule has 1 saturated heterocycles. The minimum atomic E-state index is -0.120. The molecule has 1 fully saturated rings. The van der Waals surface area contributed by atoms with Gasteiger partial charge in [0.05, 0.1) is 12.8 Å². The fourth-order valence-electron chi connectivity index (χ4n) is 3.06. The number of thioether (sulfide) groups is 1. The number of nitrogens with zero attached hydrogens (tertiary/aromatic N) is 2. The monoisotopic (exact) mass is 410 g/mol. The van der Waals surface area contributed by atoms with Gasteiger partial charge < -0.3 is 9.47 Å². The van der Waals surface area contributed by atoms with Crippen molar-refractivity contribution in [2.75, 3.05) is 20.3 Å². The summed E-state index contributed by atoms with van der Waals surface area (Å²) < 4.78 is 11.2. The summed E-state index contributed by atoms with van der Waals surface area (Å²) in [6, 6.07) is 13.6. The molecule has 0 bridgehead atoms. The van der Waals surface area contributed by atoms with Gasteiger partial charge in [0.25, 0.3) is 5.91 Å². The summed E-state index contributed by atoms with van der Waals surface area (Å²) in [6.07, 6.45) is 2.58. The van der Waals surface area contributed by atoms with Gasteiger partial charge >= 0.3 is 0 Å². The number of carbonyl (C=O) groups is 1. The molecule has 0 aromatic heterocycles. The number of allylic oxidation sites excluding steroid dienone is 1. The van der Waals surface area contributed by atoms with E-state index in [0.717, 1.165) is 23.2 Å². The van der Waals surface area contributed by atoms with Gasteiger partial charge in [-0.2, -0.15) is 0 Å². The van der Waals surface area contributed by atoms with E-state index in [2.05, 4.69) is 18.5 Å². The van der Waals surface area contributed by atoms with E-state index < -0.39 is 0 Å². The standard InChI is InChI=1S/C23H26N2O3S/c1-5-7-18-10-11-20(21(13-18)27-4)28-15-22(26)25-14-17(3)29-23(25)24-19-9-6-8-16(2)12-19/h5-6,8-13,17H,1,7,14-15H2,2-4H3. The Morgan fingerprint density at radius 1 is 1.31 bits per heavy atom. The molecule has 6 heteroatoms. The Morgan fingerprint density at radius 2 is 2.14 bits per heavy atom. The molecule has 3 rings (SSSR count). The van der Waals surface area contributed by atoms with Gasteiger partial charge in [-0.3, -0.25) is 9.69 Å². The fraction of sp³-hybridized carbons (Fsp3) is 0.304. The molecule has 0 spiro atoms. The zero-order chi connectivity index (χ0) is 20.8. The van der Waals surface area contributed by atoms with E-state index in [4.69, 9.17) is 9.47 Å². The van der Waals surface area contributed by atoms with E-state index in [1.54, 1.807) is 23.8 Å². The molecule has 0 radical (unpaired) electrons. The molecule has 0 aliphatic carbocycles. The molecular weight excluding hydrogens is 384 g/mol. The molecule has 1 atom stereocenters. The zero-order valence-electron chi connectivity index (χ0n) is 17.1. The number of hydrogen-bond donors (Lipinski definition) is 0. The van der Waals surface area contributed by atoms with E-state index in [-0.39, 0.29) is 17.8 Å². The Kier molecular flexibility index (Phi) is 6.99. The van der Waals surface area contributed by atoms with Gasteiger partial charge in [0, 0.05) is 11.8 Å². The van der Waals surface area contributed by atoms with Gasteiger partial charge in [0.1, 0.15) is 0 Å². The number of ether oxygens (including phenoxy) is 2. The zero-order valence-corrected chi connectivity index (χ0v) is 17.9. The lowest BCUT2D eigenvalue weighted by Crippen LogP contribution is -2.36. The Labute approximate surface area is 176 Å². The lowest BCUT2D eigenvalue weighted by Gasteiger charge is -2.17. The number of amidine groups is 1. The van der Waals surface area contributed by atoms with Crippen molar-refractivity contribution in [1.82, 2.24) is 4.90 Å². The SMILES string of the molecule is C=CCc1ccc(OCC(=O)N2CC(C)SC2=Nc2cccc(C)c2)c(OC)c1. The summed E-state index contributed by atoms with van der Waals surface area (Å²) in [5.74, 6) is 1.03. The van der Waals surface area contributed by atoms with Crippen molar-refractivity contribution in [1.29, 1.82) is 0 Å². The third kappa shape index (κ3) is 5.41. The summed E-state index contributed by atoms with van der Waals surface area (Å²) in [5.41, 5.74) is 3.06. The molecule has 5 nitrogen and oxygen atoms in total. The van der Waals surface area contributed by atoms with Crippen LogP contribution < -0.4 is 9.47 Å². The first-order valence-electron chi connectivity index (χ1n) is 9.53. The number of methoxy groups -OCH3 is 1. The average molecular weight is 411 g/mol. The molecule has 29 heavy (non-hydrogen) atoms. The number of benzene rings is 2. The molecule has 152 valence electrons. The highest BCUT2D eigenvalue weighted by Gasteiger charge is 2.31. The predicted molar refractivity (Wildman–Crippen MR) is 119 cm³/mol. The van der Waals surface area contributed by atoms with Crippen LogP contribution in [-0.2, 0) is 11.2 Å². The second kappa shape index (κ2) is 9.65. The maximum absolute atomic E-state index is 12.9. The molecule has 1 amide bonds. The molecule has 2 aromatic carbocycles. The fourth-order valence-corrected chi connectivity index (χ4v) is 4.11. The minimum Gasteiger partial charge on any atom is -0.493 e. The van der Waals surface area contributed by atoms with Crippen LogP contribution in [-0.4, -0.2) is 41.5 Å². The first kappa shape index (κ1) is 21.0. The summed E-state index contributed by atoms with van der Waals surface area (Å²) in [6.45, 7) is 8.41. The lowest BCUT2D eigenvalue weighted by molar-refractivity contribution is -0.129. The number of amides is 1. The van der Waals surface area contributed by atoms with E-state index in [1.165, 1.54) is 0 Å². The Hall–Kier alpha value is -2.73. The molecule has 0 N–H and O–H groups in total. The number of aryl methyl sites for hydroxylation is 1. The summed E-state index contributed by atoms with van der Waals surface area (Å²) in [5, 5.41) is 1.00. The largest absolute Gasteiger partial charge is 0.493 e. The maximum Gasteiger partial charge on any atom is 0.266 e. The van der Waals surface area contributed by atoms with Crippen LogP contribution in [0.25, 0.3) is 0 Å².